The van der Waals surface area contributed by atoms with Crippen LogP contribution in [0.5, 0.6) is 0 Å². The first-order valence-corrected chi connectivity index (χ1v) is 7.32. The van der Waals surface area contributed by atoms with Crippen LogP contribution in [0, 0.1) is 0 Å². The molecule has 0 atom stereocenters. The highest BCUT2D eigenvalue weighted by Crippen LogP contribution is 2.20. The van der Waals surface area contributed by atoms with E-state index in [0.29, 0.717) is 11.1 Å². The smallest absolute Gasteiger partial charge is 0.337 e. The van der Waals surface area contributed by atoms with E-state index >= 15 is 0 Å². The van der Waals surface area contributed by atoms with Crippen molar-refractivity contribution in [2.75, 3.05) is 7.11 Å². The molecule has 1 N–H and O–H groups in total. The molecule has 1 fully saturated rings. The third-order valence-corrected chi connectivity index (χ3v) is 4.03. The molecule has 0 spiro atoms. The van der Waals surface area contributed by atoms with Gasteiger partial charge in [-0.25, -0.2) is 17.9 Å². The third kappa shape index (κ3) is 3.54. The number of sulfonamides is 1. The molecule has 1 saturated carbocycles. The van der Waals surface area contributed by atoms with Crippen molar-refractivity contribution in [2.45, 2.75) is 24.6 Å². The summed E-state index contributed by atoms with van der Waals surface area (Å²) in [5, 5.41) is 0. The van der Waals surface area contributed by atoms with Gasteiger partial charge in [0.25, 0.3) is 0 Å². The Labute approximate surface area is 106 Å². The lowest BCUT2D eigenvalue weighted by molar-refractivity contribution is 0.0600. The monoisotopic (exact) mass is 269 g/mol. The van der Waals surface area contributed by atoms with E-state index in [-0.39, 0.29) is 11.8 Å². The van der Waals surface area contributed by atoms with E-state index in [1.54, 1.807) is 18.2 Å². The molecule has 0 amide bonds. The fraction of sp³-hybridized carbons (Fsp3) is 0.417. The molecule has 98 valence electrons. The van der Waals surface area contributed by atoms with Gasteiger partial charge in [-0.1, -0.05) is 12.1 Å². The number of esters is 1. The van der Waals surface area contributed by atoms with E-state index in [1.807, 2.05) is 0 Å². The van der Waals surface area contributed by atoms with Gasteiger partial charge < -0.3 is 4.74 Å². The Bertz CT molecular complexity index is 549. The summed E-state index contributed by atoms with van der Waals surface area (Å²) in [6.07, 6.45) is 1.81. The van der Waals surface area contributed by atoms with Gasteiger partial charge in [0.05, 0.1) is 18.4 Å². The highest BCUT2D eigenvalue weighted by Gasteiger charge is 2.27. The number of methoxy groups -OCH3 is 1. The highest BCUT2D eigenvalue weighted by molar-refractivity contribution is 7.88. The zero-order valence-corrected chi connectivity index (χ0v) is 10.9. The van der Waals surface area contributed by atoms with Crippen LogP contribution in [0.1, 0.15) is 28.8 Å². The molecule has 1 aliphatic rings. The van der Waals surface area contributed by atoms with E-state index in [4.69, 9.17) is 0 Å². The number of benzene rings is 1. The van der Waals surface area contributed by atoms with Gasteiger partial charge in [-0.2, -0.15) is 0 Å². The van der Waals surface area contributed by atoms with Crippen LogP contribution in [0.25, 0.3) is 0 Å². The van der Waals surface area contributed by atoms with Crippen LogP contribution in [-0.2, 0) is 20.5 Å². The predicted molar refractivity (Wildman–Crippen MR) is 66.6 cm³/mol. The SMILES string of the molecule is COC(=O)c1cccc(CS(=O)(=O)NC2CC2)c1. The summed E-state index contributed by atoms with van der Waals surface area (Å²) < 4.78 is 30.7. The quantitative estimate of drug-likeness (QED) is 0.811. The summed E-state index contributed by atoms with van der Waals surface area (Å²) in [7, 11) is -2.03. The second-order valence-corrected chi connectivity index (χ2v) is 6.10. The van der Waals surface area contributed by atoms with Crippen molar-refractivity contribution < 1.29 is 17.9 Å². The van der Waals surface area contributed by atoms with Crippen molar-refractivity contribution >= 4 is 16.0 Å². The molecule has 6 heteroatoms. The van der Waals surface area contributed by atoms with Gasteiger partial charge >= 0.3 is 5.97 Å². The zero-order chi connectivity index (χ0) is 13.2. The highest BCUT2D eigenvalue weighted by atomic mass is 32.2. The van der Waals surface area contributed by atoms with Gasteiger partial charge in [-0.3, -0.25) is 0 Å². The molecule has 0 heterocycles. The number of nitrogens with one attached hydrogen (secondary N) is 1. The standard InChI is InChI=1S/C12H15NO4S/c1-17-12(14)10-4-2-3-9(7-10)8-18(15,16)13-11-5-6-11/h2-4,7,11,13H,5-6,8H2,1H3. The first kappa shape index (κ1) is 13.0. The van der Waals surface area contributed by atoms with Crippen molar-refractivity contribution in [2.24, 2.45) is 0 Å². The van der Waals surface area contributed by atoms with Crippen LogP contribution in [0.15, 0.2) is 24.3 Å². The number of hydrogen-bond donors (Lipinski definition) is 1. The summed E-state index contributed by atoms with van der Waals surface area (Å²) >= 11 is 0. The maximum Gasteiger partial charge on any atom is 0.337 e. The lowest BCUT2D eigenvalue weighted by atomic mass is 10.1. The maximum atomic E-state index is 11.8. The Morgan fingerprint density at radius 3 is 2.78 bits per heavy atom. The summed E-state index contributed by atoms with van der Waals surface area (Å²) in [6.45, 7) is 0. The number of carbonyl (C=O) groups is 1. The Morgan fingerprint density at radius 2 is 2.17 bits per heavy atom. The average molecular weight is 269 g/mol. The van der Waals surface area contributed by atoms with Crippen LogP contribution in [-0.4, -0.2) is 27.5 Å². The molecule has 5 nitrogen and oxygen atoms in total. The van der Waals surface area contributed by atoms with E-state index in [0.717, 1.165) is 12.8 Å². The van der Waals surface area contributed by atoms with Crippen molar-refractivity contribution in [1.82, 2.24) is 4.72 Å². The van der Waals surface area contributed by atoms with E-state index in [1.165, 1.54) is 13.2 Å². The first-order valence-electron chi connectivity index (χ1n) is 5.67. The van der Waals surface area contributed by atoms with E-state index < -0.39 is 16.0 Å². The molecule has 1 aliphatic carbocycles. The number of carbonyl (C=O) groups excluding carboxylic acids is 1. The third-order valence-electron chi connectivity index (χ3n) is 2.63. The van der Waals surface area contributed by atoms with Crippen molar-refractivity contribution in [1.29, 1.82) is 0 Å². The molecule has 0 unspecified atom stereocenters. The van der Waals surface area contributed by atoms with Crippen LogP contribution >= 0.6 is 0 Å². The van der Waals surface area contributed by atoms with Gasteiger partial charge in [0.15, 0.2) is 0 Å². The molecule has 0 radical (unpaired) electrons. The number of hydrogen-bond acceptors (Lipinski definition) is 4. The minimum atomic E-state index is -3.32. The largest absolute Gasteiger partial charge is 0.465 e. The summed E-state index contributed by atoms with van der Waals surface area (Å²) in [5.41, 5.74) is 0.933. The Kier molecular flexibility index (Phi) is 3.68. The Hall–Kier alpha value is -1.40. The van der Waals surface area contributed by atoms with Crippen molar-refractivity contribution in [3.63, 3.8) is 0 Å². The zero-order valence-electron chi connectivity index (χ0n) is 10.0. The van der Waals surface area contributed by atoms with Crippen molar-refractivity contribution in [3.8, 4) is 0 Å². The maximum absolute atomic E-state index is 11.8. The average Bonchev–Trinajstić information content (AvgIpc) is 3.10. The predicted octanol–water partition coefficient (Wildman–Crippen LogP) is 1.05. The van der Waals surface area contributed by atoms with Crippen LogP contribution < -0.4 is 4.72 Å². The molecule has 1 aromatic carbocycles. The molecular formula is C12H15NO4S. The lowest BCUT2D eigenvalue weighted by Crippen LogP contribution is -2.27. The molecular weight excluding hydrogens is 254 g/mol. The van der Waals surface area contributed by atoms with Crippen LogP contribution in [0.3, 0.4) is 0 Å². The lowest BCUT2D eigenvalue weighted by Gasteiger charge is -2.06. The molecule has 2 rings (SSSR count). The molecule has 1 aromatic rings. The van der Waals surface area contributed by atoms with Crippen molar-refractivity contribution in [3.05, 3.63) is 35.4 Å². The normalized spacial score (nSPS) is 15.4. The molecule has 0 aromatic heterocycles. The number of ether oxygens (including phenoxy) is 1. The van der Waals surface area contributed by atoms with Gasteiger partial charge in [0.1, 0.15) is 0 Å². The summed E-state index contributed by atoms with van der Waals surface area (Å²) in [4.78, 5) is 11.3. The van der Waals surface area contributed by atoms with Gasteiger partial charge in [0.2, 0.25) is 10.0 Å². The van der Waals surface area contributed by atoms with Gasteiger partial charge in [0, 0.05) is 6.04 Å². The molecule has 0 saturated heterocycles. The summed E-state index contributed by atoms with van der Waals surface area (Å²) in [5.74, 6) is -0.585. The minimum absolute atomic E-state index is 0.0961. The molecule has 0 bridgehead atoms. The minimum Gasteiger partial charge on any atom is -0.465 e. The van der Waals surface area contributed by atoms with E-state index in [9.17, 15) is 13.2 Å². The fourth-order valence-electron chi connectivity index (χ4n) is 1.62. The van der Waals surface area contributed by atoms with Crippen LogP contribution in [0.2, 0.25) is 0 Å². The van der Waals surface area contributed by atoms with Gasteiger partial charge in [-0.05, 0) is 30.5 Å². The fourth-order valence-corrected chi connectivity index (χ4v) is 3.07. The van der Waals surface area contributed by atoms with Gasteiger partial charge in [-0.15, -0.1) is 0 Å². The topological polar surface area (TPSA) is 72.5 Å². The summed E-state index contributed by atoms with van der Waals surface area (Å²) in [6, 6.07) is 6.56. The van der Waals surface area contributed by atoms with E-state index in [2.05, 4.69) is 9.46 Å². The number of rotatable bonds is 5. The van der Waals surface area contributed by atoms with Crippen LogP contribution in [0.4, 0.5) is 0 Å². The molecule has 18 heavy (non-hydrogen) atoms. The second kappa shape index (κ2) is 5.07. The first-order chi connectivity index (χ1) is 8.50. The Balaban J connectivity index is 2.11. The second-order valence-electron chi connectivity index (χ2n) is 4.34. The Morgan fingerprint density at radius 1 is 1.44 bits per heavy atom. The molecule has 0 aliphatic heterocycles.